The van der Waals surface area contributed by atoms with Crippen LogP contribution in [0.25, 0.3) is 0 Å². The second-order valence-corrected chi connectivity index (χ2v) is 4.82. The first-order chi connectivity index (χ1) is 9.01. The number of phenolic OH excluding ortho intramolecular Hbond substituents is 1. The Hall–Kier alpha value is -1.28. The molecule has 0 unspecified atom stereocenters. The SMILES string of the molecule is CCOc1cc(/C=N\NC(=O)OC)c(Br)c(Br)c1O. The third kappa shape index (κ3) is 4.10. The topological polar surface area (TPSA) is 80.2 Å². The van der Waals surface area contributed by atoms with Gasteiger partial charge in [-0.2, -0.15) is 5.10 Å². The number of hydrogen-bond donors (Lipinski definition) is 2. The Bertz CT molecular complexity index is 506. The van der Waals surface area contributed by atoms with Crippen LogP contribution in [0.15, 0.2) is 20.1 Å². The van der Waals surface area contributed by atoms with Crippen molar-refractivity contribution in [3.8, 4) is 11.5 Å². The number of rotatable bonds is 4. The zero-order valence-corrected chi connectivity index (χ0v) is 13.4. The van der Waals surface area contributed by atoms with Gasteiger partial charge in [0.2, 0.25) is 0 Å². The lowest BCUT2D eigenvalue weighted by Crippen LogP contribution is -2.16. The minimum Gasteiger partial charge on any atom is -0.503 e. The first-order valence-corrected chi connectivity index (χ1v) is 6.80. The molecule has 0 spiro atoms. The normalized spacial score (nSPS) is 10.5. The van der Waals surface area contributed by atoms with Crippen LogP contribution in [0.1, 0.15) is 12.5 Å². The highest BCUT2D eigenvalue weighted by molar-refractivity contribution is 9.13. The third-order valence-electron chi connectivity index (χ3n) is 2.02. The summed E-state index contributed by atoms with van der Waals surface area (Å²) in [5.74, 6) is 0.309. The summed E-state index contributed by atoms with van der Waals surface area (Å²) in [7, 11) is 1.24. The Labute approximate surface area is 127 Å². The van der Waals surface area contributed by atoms with Gasteiger partial charge in [0.15, 0.2) is 11.5 Å². The molecule has 0 saturated carbocycles. The summed E-state index contributed by atoms with van der Waals surface area (Å²) in [5.41, 5.74) is 2.78. The van der Waals surface area contributed by atoms with Crippen molar-refractivity contribution in [3.63, 3.8) is 0 Å². The molecule has 0 heterocycles. The number of aromatic hydroxyl groups is 1. The number of hydrogen-bond acceptors (Lipinski definition) is 5. The fourth-order valence-corrected chi connectivity index (χ4v) is 2.00. The van der Waals surface area contributed by atoms with Gasteiger partial charge in [-0.3, -0.25) is 0 Å². The minimum absolute atomic E-state index is 0.00759. The fourth-order valence-electron chi connectivity index (χ4n) is 1.17. The van der Waals surface area contributed by atoms with E-state index in [1.165, 1.54) is 13.3 Å². The van der Waals surface area contributed by atoms with Gasteiger partial charge in [0.05, 0.1) is 24.4 Å². The summed E-state index contributed by atoms with van der Waals surface area (Å²) in [6.45, 7) is 2.22. The van der Waals surface area contributed by atoms with E-state index in [9.17, 15) is 9.90 Å². The molecule has 1 rings (SSSR count). The average Bonchev–Trinajstić information content (AvgIpc) is 2.41. The molecule has 19 heavy (non-hydrogen) atoms. The highest BCUT2D eigenvalue weighted by Gasteiger charge is 2.14. The zero-order chi connectivity index (χ0) is 14.4. The van der Waals surface area contributed by atoms with Gasteiger partial charge >= 0.3 is 6.09 Å². The first-order valence-electron chi connectivity index (χ1n) is 5.22. The number of ether oxygens (including phenoxy) is 2. The molecular formula is C11H12Br2N2O4. The van der Waals surface area contributed by atoms with E-state index >= 15 is 0 Å². The maximum absolute atomic E-state index is 10.8. The van der Waals surface area contributed by atoms with Crippen molar-refractivity contribution in [2.75, 3.05) is 13.7 Å². The number of carbonyl (C=O) groups excluding carboxylic acids is 1. The summed E-state index contributed by atoms with van der Waals surface area (Å²) in [6.07, 6.45) is 0.725. The Morgan fingerprint density at radius 3 is 2.79 bits per heavy atom. The zero-order valence-electron chi connectivity index (χ0n) is 10.2. The summed E-state index contributed by atoms with van der Waals surface area (Å²) >= 11 is 6.54. The highest BCUT2D eigenvalue weighted by atomic mass is 79.9. The van der Waals surface area contributed by atoms with Crippen molar-refractivity contribution in [1.82, 2.24) is 5.43 Å². The number of hydrazone groups is 1. The van der Waals surface area contributed by atoms with Crippen LogP contribution < -0.4 is 10.2 Å². The lowest BCUT2D eigenvalue weighted by atomic mass is 10.2. The molecule has 0 radical (unpaired) electrons. The summed E-state index contributed by atoms with van der Waals surface area (Å²) < 4.78 is 10.7. The van der Waals surface area contributed by atoms with Gasteiger partial charge in [-0.05, 0) is 44.8 Å². The molecule has 104 valence electrons. The number of nitrogens with zero attached hydrogens (tertiary/aromatic N) is 1. The van der Waals surface area contributed by atoms with Crippen molar-refractivity contribution < 1.29 is 19.4 Å². The Kier molecular flexibility index (Phi) is 6.10. The van der Waals surface area contributed by atoms with E-state index in [4.69, 9.17) is 4.74 Å². The molecule has 1 aromatic carbocycles. The fraction of sp³-hybridized carbons (Fsp3) is 0.273. The molecule has 1 amide bonds. The van der Waals surface area contributed by atoms with Crippen LogP contribution in [0.4, 0.5) is 4.79 Å². The van der Waals surface area contributed by atoms with Crippen LogP contribution in [0.2, 0.25) is 0 Å². The lowest BCUT2D eigenvalue weighted by Gasteiger charge is -2.10. The van der Waals surface area contributed by atoms with E-state index in [2.05, 4.69) is 47.1 Å². The highest BCUT2D eigenvalue weighted by Crippen LogP contribution is 2.41. The van der Waals surface area contributed by atoms with Crippen LogP contribution in [0.3, 0.4) is 0 Å². The van der Waals surface area contributed by atoms with Gasteiger partial charge in [-0.15, -0.1) is 0 Å². The van der Waals surface area contributed by atoms with Gasteiger partial charge in [-0.25, -0.2) is 10.2 Å². The number of benzene rings is 1. The maximum atomic E-state index is 10.8. The standard InChI is InChI=1S/C11H12Br2N2O4/c1-3-19-7-4-6(5-14-15-11(17)18-2)8(12)9(13)10(7)16/h4-5,16H,3H2,1-2H3,(H,15,17)/b14-5-. The average molecular weight is 396 g/mol. The number of amides is 1. The number of halogens is 2. The van der Waals surface area contributed by atoms with Gasteiger partial charge in [0, 0.05) is 10.0 Å². The third-order valence-corrected chi connectivity index (χ3v) is 4.18. The maximum Gasteiger partial charge on any atom is 0.427 e. The van der Waals surface area contributed by atoms with Crippen LogP contribution in [0.5, 0.6) is 11.5 Å². The summed E-state index contributed by atoms with van der Waals surface area (Å²) in [6, 6.07) is 1.59. The van der Waals surface area contributed by atoms with E-state index in [0.29, 0.717) is 26.9 Å². The van der Waals surface area contributed by atoms with Gasteiger partial charge in [0.1, 0.15) is 0 Å². The summed E-state index contributed by atoms with van der Waals surface area (Å²) in [5, 5.41) is 13.6. The first kappa shape index (κ1) is 15.8. The molecule has 6 nitrogen and oxygen atoms in total. The number of carbonyl (C=O) groups is 1. The number of phenols is 1. The van der Waals surface area contributed by atoms with Crippen molar-refractivity contribution in [2.45, 2.75) is 6.92 Å². The molecule has 0 atom stereocenters. The molecule has 0 aromatic heterocycles. The van der Waals surface area contributed by atoms with Gasteiger partial charge in [-0.1, -0.05) is 0 Å². The summed E-state index contributed by atoms with van der Waals surface area (Å²) in [4.78, 5) is 10.8. The van der Waals surface area contributed by atoms with Crippen LogP contribution >= 0.6 is 31.9 Å². The molecule has 0 saturated heterocycles. The van der Waals surface area contributed by atoms with Gasteiger partial charge in [0.25, 0.3) is 0 Å². The van der Waals surface area contributed by atoms with Gasteiger partial charge < -0.3 is 14.6 Å². The molecule has 0 aliphatic carbocycles. The monoisotopic (exact) mass is 394 g/mol. The molecule has 0 aliphatic rings. The van der Waals surface area contributed by atoms with Crippen molar-refractivity contribution in [2.24, 2.45) is 5.10 Å². The van der Waals surface area contributed by atoms with Crippen molar-refractivity contribution in [1.29, 1.82) is 0 Å². The van der Waals surface area contributed by atoms with Crippen LogP contribution in [0, 0.1) is 0 Å². The molecule has 0 fully saturated rings. The Balaban J connectivity index is 3.03. The predicted molar refractivity (Wildman–Crippen MR) is 77.8 cm³/mol. The molecule has 0 bridgehead atoms. The molecule has 2 N–H and O–H groups in total. The lowest BCUT2D eigenvalue weighted by molar-refractivity contribution is 0.171. The second-order valence-electron chi connectivity index (χ2n) is 3.24. The molecule has 8 heteroatoms. The van der Waals surface area contributed by atoms with Crippen molar-refractivity contribution in [3.05, 3.63) is 20.6 Å². The van der Waals surface area contributed by atoms with Crippen molar-refractivity contribution >= 4 is 44.2 Å². The second kappa shape index (κ2) is 7.34. The number of methoxy groups -OCH3 is 1. The molecular weight excluding hydrogens is 384 g/mol. The molecule has 0 aliphatic heterocycles. The Morgan fingerprint density at radius 2 is 2.21 bits per heavy atom. The van der Waals surface area contributed by atoms with E-state index < -0.39 is 6.09 Å². The van der Waals surface area contributed by atoms with Crippen LogP contribution in [-0.2, 0) is 4.74 Å². The predicted octanol–water partition coefficient (Wildman–Crippen LogP) is 3.01. The quantitative estimate of drug-likeness (QED) is 0.606. The van der Waals surface area contributed by atoms with E-state index in [-0.39, 0.29) is 5.75 Å². The van der Waals surface area contributed by atoms with E-state index in [1.54, 1.807) is 6.07 Å². The smallest absolute Gasteiger partial charge is 0.427 e. The van der Waals surface area contributed by atoms with Crippen LogP contribution in [-0.4, -0.2) is 31.1 Å². The molecule has 1 aromatic rings. The van der Waals surface area contributed by atoms with E-state index in [0.717, 1.165) is 0 Å². The number of nitrogens with one attached hydrogen (secondary N) is 1. The van der Waals surface area contributed by atoms with E-state index in [1.807, 2.05) is 6.92 Å². The minimum atomic E-state index is -0.671. The Morgan fingerprint density at radius 1 is 1.53 bits per heavy atom. The largest absolute Gasteiger partial charge is 0.503 e.